The summed E-state index contributed by atoms with van der Waals surface area (Å²) in [6, 6.07) is -0.144. The van der Waals surface area contributed by atoms with Crippen molar-refractivity contribution in [3.05, 3.63) is 11.6 Å². The number of esters is 1. The smallest absolute Gasteiger partial charge is 0.325 e. The zero-order valence-corrected chi connectivity index (χ0v) is 7.76. The number of rotatable bonds is 2. The van der Waals surface area contributed by atoms with E-state index in [1.54, 1.807) is 0 Å². The van der Waals surface area contributed by atoms with Crippen molar-refractivity contribution in [2.45, 2.75) is 39.5 Å². The van der Waals surface area contributed by atoms with E-state index in [0.29, 0.717) is 0 Å². The van der Waals surface area contributed by atoms with Crippen LogP contribution in [0.25, 0.3) is 0 Å². The van der Waals surface area contributed by atoms with Crippen LogP contribution in [-0.4, -0.2) is 18.2 Å². The Morgan fingerprint density at radius 3 is 2.75 bits per heavy atom. The van der Waals surface area contributed by atoms with E-state index < -0.39 is 0 Å². The van der Waals surface area contributed by atoms with E-state index in [9.17, 15) is 4.79 Å². The topological polar surface area (TPSA) is 38.3 Å². The number of allylic oxidation sites excluding steroid dienone is 1. The molecule has 0 spiro atoms. The Kier molecular flexibility index (Phi) is 2.87. The summed E-state index contributed by atoms with van der Waals surface area (Å²) in [6.07, 6.45) is 2.63. The Morgan fingerprint density at radius 2 is 2.33 bits per heavy atom. The quantitative estimate of drug-likeness (QED) is 0.498. The molecule has 3 nitrogen and oxygen atoms in total. The largest absolute Gasteiger partial charge is 0.446 e. The van der Waals surface area contributed by atoms with Gasteiger partial charge in [0, 0.05) is 0 Å². The van der Waals surface area contributed by atoms with Crippen molar-refractivity contribution in [3.63, 3.8) is 0 Å². The van der Waals surface area contributed by atoms with Crippen LogP contribution in [0.3, 0.4) is 0 Å². The van der Waals surface area contributed by atoms with E-state index in [4.69, 9.17) is 4.74 Å². The van der Waals surface area contributed by atoms with E-state index in [1.165, 1.54) is 5.57 Å². The van der Waals surface area contributed by atoms with Crippen molar-refractivity contribution in [1.82, 2.24) is 5.32 Å². The van der Waals surface area contributed by atoms with Crippen LogP contribution in [0, 0.1) is 0 Å². The molecule has 1 aliphatic rings. The normalized spacial score (nSPS) is 28.4. The molecule has 0 radical (unpaired) electrons. The third-order valence-electron chi connectivity index (χ3n) is 1.78. The molecule has 0 unspecified atom stereocenters. The fourth-order valence-electron chi connectivity index (χ4n) is 1.16. The van der Waals surface area contributed by atoms with Crippen LogP contribution >= 0.6 is 0 Å². The molecule has 3 heteroatoms. The first-order valence-electron chi connectivity index (χ1n) is 4.19. The number of carbonyl (C=O) groups is 1. The van der Waals surface area contributed by atoms with Gasteiger partial charge in [-0.05, 0) is 27.2 Å². The molecule has 0 aliphatic carbocycles. The summed E-state index contributed by atoms with van der Waals surface area (Å²) in [7, 11) is 0. The highest BCUT2D eigenvalue weighted by Crippen LogP contribution is 2.09. The molecule has 0 amide bonds. The number of hydrogen-bond donors (Lipinski definition) is 1. The molecule has 0 bridgehead atoms. The van der Waals surface area contributed by atoms with Crippen LogP contribution in [0.1, 0.15) is 27.2 Å². The van der Waals surface area contributed by atoms with Gasteiger partial charge in [0.2, 0.25) is 0 Å². The van der Waals surface area contributed by atoms with Gasteiger partial charge in [-0.2, -0.15) is 0 Å². The van der Waals surface area contributed by atoms with E-state index in [0.717, 1.165) is 6.42 Å². The highest BCUT2D eigenvalue weighted by molar-refractivity contribution is 5.77. The number of hydrogen-bond acceptors (Lipinski definition) is 3. The Morgan fingerprint density at radius 1 is 1.67 bits per heavy atom. The van der Waals surface area contributed by atoms with Gasteiger partial charge in [-0.25, -0.2) is 0 Å². The van der Waals surface area contributed by atoms with Crippen molar-refractivity contribution in [2.75, 3.05) is 0 Å². The summed E-state index contributed by atoms with van der Waals surface area (Å²) in [4.78, 5) is 11.1. The second-order valence-electron chi connectivity index (χ2n) is 3.32. The van der Waals surface area contributed by atoms with Crippen LogP contribution in [0.4, 0.5) is 0 Å². The lowest BCUT2D eigenvalue weighted by Crippen LogP contribution is -2.29. The van der Waals surface area contributed by atoms with Crippen LogP contribution < -0.4 is 5.32 Å². The Hall–Kier alpha value is -0.830. The maximum Gasteiger partial charge on any atom is 0.325 e. The molecule has 12 heavy (non-hydrogen) atoms. The summed E-state index contributed by atoms with van der Waals surface area (Å²) < 4.78 is 4.93. The Bertz CT molecular complexity index is 207. The van der Waals surface area contributed by atoms with Gasteiger partial charge in [0.25, 0.3) is 0 Å². The van der Waals surface area contributed by atoms with Gasteiger partial charge >= 0.3 is 5.97 Å². The fourth-order valence-corrected chi connectivity index (χ4v) is 1.16. The molecule has 68 valence electrons. The summed E-state index contributed by atoms with van der Waals surface area (Å²) >= 11 is 0. The second-order valence-corrected chi connectivity index (χ2v) is 3.32. The third-order valence-corrected chi connectivity index (χ3v) is 1.78. The molecule has 0 aromatic rings. The molecule has 1 rings (SSSR count). The van der Waals surface area contributed by atoms with E-state index in [1.807, 2.05) is 26.8 Å². The predicted molar refractivity (Wildman–Crippen MR) is 46.5 cm³/mol. The molecule has 0 aromatic carbocycles. The summed E-state index contributed by atoms with van der Waals surface area (Å²) in [5, 5.41) is 3.04. The average Bonchev–Trinajstić information content (AvgIpc) is 2.26. The summed E-state index contributed by atoms with van der Waals surface area (Å²) in [6.45, 7) is 5.87. The Labute approximate surface area is 72.8 Å². The molecule has 2 atom stereocenters. The maximum atomic E-state index is 11.1. The standard InChI is InChI=1S/C9H15NO2/c1-6(2)4-5-8-9(11)12-7(3)10-8/h4,7-8,10H,5H2,1-3H3/t7-,8-/m0/s1. The Balaban J connectivity index is 2.43. The van der Waals surface area contributed by atoms with Gasteiger partial charge in [-0.15, -0.1) is 0 Å². The SMILES string of the molecule is CC(C)=CC[C@@H]1N[C@H](C)OC1=O. The summed E-state index contributed by atoms with van der Waals surface area (Å²) in [5.74, 6) is -0.139. The fraction of sp³-hybridized carbons (Fsp3) is 0.667. The molecule has 1 aliphatic heterocycles. The molecular formula is C9H15NO2. The zero-order chi connectivity index (χ0) is 9.14. The van der Waals surface area contributed by atoms with Crippen LogP contribution in [0.5, 0.6) is 0 Å². The van der Waals surface area contributed by atoms with Crippen LogP contribution in [-0.2, 0) is 9.53 Å². The van der Waals surface area contributed by atoms with Crippen molar-refractivity contribution >= 4 is 5.97 Å². The molecular weight excluding hydrogens is 154 g/mol. The highest BCUT2D eigenvalue weighted by atomic mass is 16.6. The van der Waals surface area contributed by atoms with Crippen LogP contribution in [0.15, 0.2) is 11.6 Å². The lowest BCUT2D eigenvalue weighted by atomic mass is 10.1. The van der Waals surface area contributed by atoms with E-state index >= 15 is 0 Å². The molecule has 0 saturated carbocycles. The minimum absolute atomic E-state index is 0.131. The van der Waals surface area contributed by atoms with Gasteiger partial charge < -0.3 is 4.74 Å². The van der Waals surface area contributed by atoms with Gasteiger partial charge in [0.15, 0.2) is 6.23 Å². The van der Waals surface area contributed by atoms with E-state index in [-0.39, 0.29) is 18.2 Å². The van der Waals surface area contributed by atoms with Crippen molar-refractivity contribution in [2.24, 2.45) is 0 Å². The third kappa shape index (κ3) is 2.34. The molecule has 1 N–H and O–H groups in total. The zero-order valence-electron chi connectivity index (χ0n) is 7.76. The summed E-state index contributed by atoms with van der Waals surface area (Å²) in [5.41, 5.74) is 1.23. The first-order valence-corrected chi connectivity index (χ1v) is 4.19. The van der Waals surface area contributed by atoms with Gasteiger partial charge in [-0.1, -0.05) is 11.6 Å². The predicted octanol–water partition coefficient (Wildman–Crippen LogP) is 1.20. The van der Waals surface area contributed by atoms with E-state index in [2.05, 4.69) is 5.32 Å². The van der Waals surface area contributed by atoms with Crippen molar-refractivity contribution in [3.8, 4) is 0 Å². The lowest BCUT2D eigenvalue weighted by molar-refractivity contribution is -0.141. The number of cyclic esters (lactones) is 1. The second kappa shape index (κ2) is 3.72. The van der Waals surface area contributed by atoms with Crippen molar-refractivity contribution < 1.29 is 9.53 Å². The minimum atomic E-state index is -0.144. The number of carbonyl (C=O) groups excluding carboxylic acids is 1. The first kappa shape index (κ1) is 9.26. The minimum Gasteiger partial charge on any atom is -0.446 e. The maximum absolute atomic E-state index is 11.1. The molecule has 1 fully saturated rings. The van der Waals surface area contributed by atoms with Crippen molar-refractivity contribution in [1.29, 1.82) is 0 Å². The molecule has 1 saturated heterocycles. The average molecular weight is 169 g/mol. The number of nitrogens with one attached hydrogen (secondary N) is 1. The molecule has 1 heterocycles. The van der Waals surface area contributed by atoms with Crippen LogP contribution in [0.2, 0.25) is 0 Å². The number of ether oxygens (including phenoxy) is 1. The lowest BCUT2D eigenvalue weighted by Gasteiger charge is -2.02. The first-order chi connectivity index (χ1) is 5.59. The molecule has 0 aromatic heterocycles. The monoisotopic (exact) mass is 169 g/mol. The highest BCUT2D eigenvalue weighted by Gasteiger charge is 2.29. The van der Waals surface area contributed by atoms with Gasteiger partial charge in [0.1, 0.15) is 6.04 Å². The van der Waals surface area contributed by atoms with Gasteiger partial charge in [0.05, 0.1) is 0 Å². The van der Waals surface area contributed by atoms with Gasteiger partial charge in [-0.3, -0.25) is 10.1 Å².